The Hall–Kier alpha value is -2.14. The van der Waals surface area contributed by atoms with Crippen molar-refractivity contribution in [1.82, 2.24) is 10.3 Å². The Morgan fingerprint density at radius 3 is 3.20 bits per heavy atom. The molecule has 0 bridgehead atoms. The summed E-state index contributed by atoms with van der Waals surface area (Å²) in [6.07, 6.45) is 4.06. The highest BCUT2D eigenvalue weighted by atomic mass is 32.1. The van der Waals surface area contributed by atoms with Gasteiger partial charge in [0.25, 0.3) is 0 Å². The molecular weight excluding hydrogens is 272 g/mol. The Labute approximate surface area is 121 Å². The number of hydrogen-bond acceptors (Lipinski definition) is 4. The quantitative estimate of drug-likeness (QED) is 0.877. The molecule has 2 aromatic rings. The first-order chi connectivity index (χ1) is 9.81. The van der Waals surface area contributed by atoms with Gasteiger partial charge in [-0.15, -0.1) is 11.3 Å². The number of nitrogens with zero attached hydrogens (tertiary/aromatic N) is 1. The molecule has 3 rings (SSSR count). The third kappa shape index (κ3) is 3.05. The molecule has 20 heavy (non-hydrogen) atoms. The second kappa shape index (κ2) is 5.88. The largest absolute Gasteiger partial charge is 0.488 e. The van der Waals surface area contributed by atoms with E-state index in [9.17, 15) is 4.79 Å². The standard InChI is InChI=1S/C15H14N2O2S/c18-15(6-5-12-9-20-10-17-12)16-8-13-7-11-3-1-2-4-14(11)19-13/h1-6,9-10,13H,7-8H2,(H,16,18). The summed E-state index contributed by atoms with van der Waals surface area (Å²) in [4.78, 5) is 15.8. The number of ether oxygens (including phenoxy) is 1. The van der Waals surface area contributed by atoms with Crippen LogP contribution in [0.15, 0.2) is 41.2 Å². The highest BCUT2D eigenvalue weighted by Gasteiger charge is 2.22. The minimum atomic E-state index is -0.127. The molecule has 1 atom stereocenters. The lowest BCUT2D eigenvalue weighted by molar-refractivity contribution is -0.116. The van der Waals surface area contributed by atoms with Crippen LogP contribution in [-0.4, -0.2) is 23.5 Å². The van der Waals surface area contributed by atoms with Gasteiger partial charge in [0.2, 0.25) is 5.91 Å². The van der Waals surface area contributed by atoms with Crippen LogP contribution >= 0.6 is 11.3 Å². The van der Waals surface area contributed by atoms with Gasteiger partial charge in [-0.2, -0.15) is 0 Å². The average Bonchev–Trinajstić information content (AvgIpc) is 3.11. The lowest BCUT2D eigenvalue weighted by atomic mass is 10.1. The van der Waals surface area contributed by atoms with E-state index in [0.29, 0.717) is 6.54 Å². The molecule has 0 aliphatic carbocycles. The normalized spacial score (nSPS) is 16.9. The monoisotopic (exact) mass is 286 g/mol. The van der Waals surface area contributed by atoms with Gasteiger partial charge in [0.05, 0.1) is 17.7 Å². The van der Waals surface area contributed by atoms with E-state index in [0.717, 1.165) is 17.9 Å². The topological polar surface area (TPSA) is 51.2 Å². The first kappa shape index (κ1) is 12.9. The van der Waals surface area contributed by atoms with Crippen molar-refractivity contribution in [2.75, 3.05) is 6.54 Å². The molecule has 1 aromatic carbocycles. The molecule has 5 heteroatoms. The van der Waals surface area contributed by atoms with E-state index in [-0.39, 0.29) is 12.0 Å². The maximum atomic E-state index is 11.7. The number of fused-ring (bicyclic) bond motifs is 1. The number of benzene rings is 1. The SMILES string of the molecule is O=C(C=Cc1cscn1)NCC1Cc2ccccc2O1. The average molecular weight is 286 g/mol. The van der Waals surface area contributed by atoms with E-state index < -0.39 is 0 Å². The summed E-state index contributed by atoms with van der Waals surface area (Å²) >= 11 is 1.50. The van der Waals surface area contributed by atoms with Crippen molar-refractivity contribution >= 4 is 23.3 Å². The van der Waals surface area contributed by atoms with Crippen molar-refractivity contribution < 1.29 is 9.53 Å². The summed E-state index contributed by atoms with van der Waals surface area (Å²) in [5.41, 5.74) is 3.74. The fraction of sp³-hybridized carbons (Fsp3) is 0.200. The van der Waals surface area contributed by atoms with Gasteiger partial charge in [-0.05, 0) is 17.7 Å². The highest BCUT2D eigenvalue weighted by molar-refractivity contribution is 7.07. The fourth-order valence-corrected chi connectivity index (χ4v) is 2.63. The molecule has 1 N–H and O–H groups in total. The zero-order chi connectivity index (χ0) is 13.8. The van der Waals surface area contributed by atoms with Gasteiger partial charge >= 0.3 is 0 Å². The van der Waals surface area contributed by atoms with Gasteiger partial charge < -0.3 is 10.1 Å². The smallest absolute Gasteiger partial charge is 0.244 e. The van der Waals surface area contributed by atoms with Crippen LogP contribution in [0.5, 0.6) is 5.75 Å². The molecule has 102 valence electrons. The summed E-state index contributed by atoms with van der Waals surface area (Å²) in [5, 5.41) is 4.74. The van der Waals surface area contributed by atoms with E-state index in [1.165, 1.54) is 23.0 Å². The van der Waals surface area contributed by atoms with Crippen LogP contribution in [0.4, 0.5) is 0 Å². The zero-order valence-corrected chi connectivity index (χ0v) is 11.6. The molecule has 1 aromatic heterocycles. The van der Waals surface area contributed by atoms with Gasteiger partial charge in [-0.1, -0.05) is 18.2 Å². The molecular formula is C15H14N2O2S. The number of aromatic nitrogens is 1. The number of amides is 1. The van der Waals surface area contributed by atoms with E-state index in [1.54, 1.807) is 11.6 Å². The first-order valence-corrected chi connectivity index (χ1v) is 7.34. The van der Waals surface area contributed by atoms with Gasteiger partial charge in [0.1, 0.15) is 11.9 Å². The van der Waals surface area contributed by atoms with Crippen molar-refractivity contribution in [2.45, 2.75) is 12.5 Å². The molecule has 0 radical (unpaired) electrons. The van der Waals surface area contributed by atoms with Crippen molar-refractivity contribution in [2.24, 2.45) is 0 Å². The number of hydrogen-bond donors (Lipinski definition) is 1. The van der Waals surface area contributed by atoms with Crippen molar-refractivity contribution in [3.05, 3.63) is 52.5 Å². The second-order valence-electron chi connectivity index (χ2n) is 4.54. The summed E-state index contributed by atoms with van der Waals surface area (Å²) in [5.74, 6) is 0.794. The molecule has 4 nitrogen and oxygen atoms in total. The Balaban J connectivity index is 1.48. The minimum absolute atomic E-state index is 0.0176. The molecule has 1 aliphatic heterocycles. The Morgan fingerprint density at radius 1 is 1.50 bits per heavy atom. The lowest BCUT2D eigenvalue weighted by Gasteiger charge is -2.10. The molecule has 0 fully saturated rings. The molecule has 0 spiro atoms. The summed E-state index contributed by atoms with van der Waals surface area (Å²) in [7, 11) is 0. The third-order valence-electron chi connectivity index (χ3n) is 3.07. The van der Waals surface area contributed by atoms with Crippen molar-refractivity contribution in [1.29, 1.82) is 0 Å². The predicted octanol–water partition coefficient (Wildman–Crippen LogP) is 2.28. The third-order valence-corrected chi connectivity index (χ3v) is 3.68. The van der Waals surface area contributed by atoms with Crippen LogP contribution in [0, 0.1) is 0 Å². The van der Waals surface area contributed by atoms with Crippen LogP contribution in [-0.2, 0) is 11.2 Å². The molecule has 1 aliphatic rings. The zero-order valence-electron chi connectivity index (χ0n) is 10.8. The predicted molar refractivity (Wildman–Crippen MR) is 78.7 cm³/mol. The number of carbonyl (C=O) groups is 1. The molecule has 1 unspecified atom stereocenters. The molecule has 0 saturated heterocycles. The summed E-state index contributed by atoms with van der Waals surface area (Å²) < 4.78 is 5.76. The molecule has 0 saturated carbocycles. The van der Waals surface area contributed by atoms with Crippen LogP contribution in [0.2, 0.25) is 0 Å². The van der Waals surface area contributed by atoms with E-state index in [4.69, 9.17) is 4.74 Å². The number of carbonyl (C=O) groups excluding carboxylic acids is 1. The van der Waals surface area contributed by atoms with Crippen LogP contribution in [0.25, 0.3) is 6.08 Å². The van der Waals surface area contributed by atoms with Gasteiger partial charge in [0, 0.05) is 17.9 Å². The Bertz CT molecular complexity index is 598. The number of rotatable bonds is 4. The number of para-hydroxylation sites is 1. The maximum Gasteiger partial charge on any atom is 0.244 e. The van der Waals surface area contributed by atoms with Gasteiger partial charge in [0.15, 0.2) is 0 Å². The summed E-state index contributed by atoms with van der Waals surface area (Å²) in [6, 6.07) is 7.97. The second-order valence-corrected chi connectivity index (χ2v) is 5.26. The van der Waals surface area contributed by atoms with E-state index in [1.807, 2.05) is 23.6 Å². The van der Waals surface area contributed by atoms with Gasteiger partial charge in [-0.3, -0.25) is 4.79 Å². The van der Waals surface area contributed by atoms with E-state index >= 15 is 0 Å². The number of nitrogens with one attached hydrogen (secondary N) is 1. The maximum absolute atomic E-state index is 11.7. The van der Waals surface area contributed by atoms with E-state index in [2.05, 4.69) is 16.4 Å². The minimum Gasteiger partial charge on any atom is -0.488 e. The summed E-state index contributed by atoms with van der Waals surface area (Å²) in [6.45, 7) is 0.509. The van der Waals surface area contributed by atoms with Crippen LogP contribution in [0.3, 0.4) is 0 Å². The molecule has 2 heterocycles. The fourth-order valence-electron chi connectivity index (χ4n) is 2.11. The Morgan fingerprint density at radius 2 is 2.40 bits per heavy atom. The highest BCUT2D eigenvalue weighted by Crippen LogP contribution is 2.27. The van der Waals surface area contributed by atoms with Gasteiger partial charge in [-0.25, -0.2) is 4.98 Å². The molecule has 1 amide bonds. The van der Waals surface area contributed by atoms with Crippen LogP contribution < -0.4 is 10.1 Å². The van der Waals surface area contributed by atoms with Crippen LogP contribution in [0.1, 0.15) is 11.3 Å². The first-order valence-electron chi connectivity index (χ1n) is 6.40. The lowest BCUT2D eigenvalue weighted by Crippen LogP contribution is -2.33. The number of thiazole rings is 1. The van der Waals surface area contributed by atoms with Crippen molar-refractivity contribution in [3.63, 3.8) is 0 Å². The van der Waals surface area contributed by atoms with Crippen molar-refractivity contribution in [3.8, 4) is 5.75 Å². The Kier molecular flexibility index (Phi) is 3.78.